The Bertz CT molecular complexity index is 896. The van der Waals surface area contributed by atoms with Gasteiger partial charge in [-0.2, -0.15) is 0 Å². The third kappa shape index (κ3) is 7.33. The van der Waals surface area contributed by atoms with Crippen molar-refractivity contribution in [3.05, 3.63) is 54.1 Å². The van der Waals surface area contributed by atoms with Crippen molar-refractivity contribution in [3.8, 4) is 11.5 Å². The van der Waals surface area contributed by atoms with Crippen molar-refractivity contribution in [2.75, 3.05) is 18.5 Å². The Labute approximate surface area is 182 Å². The molecule has 1 atom stereocenters. The normalized spacial score (nSPS) is 11.5. The number of amides is 3. The van der Waals surface area contributed by atoms with E-state index in [1.165, 1.54) is 0 Å². The van der Waals surface area contributed by atoms with Gasteiger partial charge in [-0.15, -0.1) is 0 Å². The Morgan fingerprint density at radius 1 is 1.00 bits per heavy atom. The molecule has 0 aliphatic rings. The molecule has 1 unspecified atom stereocenters. The smallest absolute Gasteiger partial charge is 0.251 e. The van der Waals surface area contributed by atoms with Crippen LogP contribution in [0.25, 0.3) is 0 Å². The van der Waals surface area contributed by atoms with Crippen LogP contribution in [0.3, 0.4) is 0 Å². The monoisotopic (exact) mass is 427 g/mol. The summed E-state index contributed by atoms with van der Waals surface area (Å²) < 4.78 is 10.9. The van der Waals surface area contributed by atoms with Crippen LogP contribution in [0.1, 0.15) is 37.6 Å². The molecule has 166 valence electrons. The van der Waals surface area contributed by atoms with E-state index >= 15 is 0 Å². The molecule has 4 N–H and O–H groups in total. The van der Waals surface area contributed by atoms with Gasteiger partial charge < -0.3 is 25.8 Å². The first-order valence-corrected chi connectivity index (χ1v) is 10.2. The van der Waals surface area contributed by atoms with Gasteiger partial charge in [0.15, 0.2) is 0 Å². The van der Waals surface area contributed by atoms with Crippen LogP contribution in [0.4, 0.5) is 5.69 Å². The van der Waals surface area contributed by atoms with E-state index in [1.807, 2.05) is 20.8 Å². The first kappa shape index (κ1) is 23.7. The van der Waals surface area contributed by atoms with Crippen molar-refractivity contribution in [1.29, 1.82) is 0 Å². The van der Waals surface area contributed by atoms with Crippen LogP contribution in [0.5, 0.6) is 11.5 Å². The predicted octanol–water partition coefficient (Wildman–Crippen LogP) is 2.73. The summed E-state index contributed by atoms with van der Waals surface area (Å²) in [5, 5.41) is 5.59. The Kier molecular flexibility index (Phi) is 8.87. The minimum Gasteiger partial charge on any atom is -0.494 e. The van der Waals surface area contributed by atoms with Gasteiger partial charge in [0.2, 0.25) is 11.8 Å². The lowest BCUT2D eigenvalue weighted by atomic mass is 10.0. The quantitative estimate of drug-likeness (QED) is 0.509. The molecule has 8 heteroatoms. The number of hydrogen-bond donors (Lipinski definition) is 3. The molecule has 2 aromatic carbocycles. The summed E-state index contributed by atoms with van der Waals surface area (Å²) in [4.78, 5) is 36.5. The zero-order valence-electron chi connectivity index (χ0n) is 18.0. The number of benzene rings is 2. The summed E-state index contributed by atoms with van der Waals surface area (Å²) in [5.74, 6) is -0.279. The predicted molar refractivity (Wildman–Crippen MR) is 118 cm³/mol. The minimum absolute atomic E-state index is 0.0645. The number of anilines is 1. The van der Waals surface area contributed by atoms with E-state index in [0.717, 1.165) is 0 Å². The average Bonchev–Trinajstić information content (AvgIpc) is 2.73. The first-order chi connectivity index (χ1) is 14.8. The van der Waals surface area contributed by atoms with Crippen LogP contribution >= 0.6 is 0 Å². The molecule has 2 aromatic rings. The molecular weight excluding hydrogens is 398 g/mol. The van der Waals surface area contributed by atoms with E-state index in [2.05, 4.69) is 10.6 Å². The number of nitrogens with two attached hydrogens (primary N) is 1. The topological polar surface area (TPSA) is 120 Å². The third-order valence-electron chi connectivity index (χ3n) is 4.41. The van der Waals surface area contributed by atoms with Crippen LogP contribution in [0.2, 0.25) is 0 Å². The molecular formula is C23H29N3O5. The lowest BCUT2D eigenvalue weighted by Gasteiger charge is -2.22. The van der Waals surface area contributed by atoms with E-state index in [9.17, 15) is 14.4 Å². The van der Waals surface area contributed by atoms with E-state index in [-0.39, 0.29) is 30.8 Å². The van der Waals surface area contributed by atoms with Gasteiger partial charge in [0.1, 0.15) is 17.5 Å². The minimum atomic E-state index is -0.766. The first-order valence-electron chi connectivity index (χ1n) is 10.2. The lowest BCUT2D eigenvalue weighted by molar-refractivity contribution is -0.119. The molecule has 3 amide bonds. The van der Waals surface area contributed by atoms with E-state index in [1.54, 1.807) is 48.5 Å². The molecule has 8 nitrogen and oxygen atoms in total. The van der Waals surface area contributed by atoms with Gasteiger partial charge in [0.25, 0.3) is 5.91 Å². The molecule has 0 aliphatic heterocycles. The highest BCUT2D eigenvalue weighted by molar-refractivity contribution is 6.01. The summed E-state index contributed by atoms with van der Waals surface area (Å²) in [5.41, 5.74) is 6.00. The molecule has 2 rings (SSSR count). The Morgan fingerprint density at radius 2 is 1.68 bits per heavy atom. The fraction of sp³-hybridized carbons (Fsp3) is 0.348. The van der Waals surface area contributed by atoms with Crippen molar-refractivity contribution < 1.29 is 23.9 Å². The van der Waals surface area contributed by atoms with Gasteiger partial charge in [0, 0.05) is 5.56 Å². The molecule has 0 bridgehead atoms. The summed E-state index contributed by atoms with van der Waals surface area (Å²) in [6, 6.07) is 12.8. The fourth-order valence-electron chi connectivity index (χ4n) is 2.80. The standard InChI is InChI=1S/C23H29N3O5/c1-4-30-17-11-9-16(10-12-17)22(28)26-21(15(2)3)23(29)25-18-7-5-6-8-19(18)31-14-13-20(24)27/h5-12,15,21H,4,13-14H2,1-3H3,(H2,24,27)(H,25,29)(H,26,28). The summed E-state index contributed by atoms with van der Waals surface area (Å²) in [6.45, 7) is 6.21. The van der Waals surface area contributed by atoms with Crippen molar-refractivity contribution >= 4 is 23.4 Å². The maximum Gasteiger partial charge on any atom is 0.251 e. The number of hydrogen-bond acceptors (Lipinski definition) is 5. The molecule has 0 fully saturated rings. The summed E-state index contributed by atoms with van der Waals surface area (Å²) in [6.07, 6.45) is 0.0645. The maximum atomic E-state index is 12.9. The highest BCUT2D eigenvalue weighted by atomic mass is 16.5. The average molecular weight is 428 g/mol. The summed E-state index contributed by atoms with van der Waals surface area (Å²) in [7, 11) is 0. The maximum absolute atomic E-state index is 12.9. The molecule has 0 aliphatic carbocycles. The van der Waals surface area contributed by atoms with Crippen LogP contribution in [0.15, 0.2) is 48.5 Å². The third-order valence-corrected chi connectivity index (χ3v) is 4.41. The van der Waals surface area contributed by atoms with Crippen LogP contribution in [-0.2, 0) is 9.59 Å². The molecule has 0 heterocycles. The van der Waals surface area contributed by atoms with Crippen LogP contribution in [0, 0.1) is 5.92 Å². The van der Waals surface area contributed by atoms with E-state index in [4.69, 9.17) is 15.2 Å². The van der Waals surface area contributed by atoms with Crippen molar-refractivity contribution in [1.82, 2.24) is 5.32 Å². The number of nitrogens with one attached hydrogen (secondary N) is 2. The Balaban J connectivity index is 2.07. The van der Waals surface area contributed by atoms with Crippen LogP contribution in [-0.4, -0.2) is 37.0 Å². The number of primary amides is 1. The van der Waals surface area contributed by atoms with Crippen molar-refractivity contribution in [2.24, 2.45) is 11.7 Å². The lowest BCUT2D eigenvalue weighted by Crippen LogP contribution is -2.47. The zero-order chi connectivity index (χ0) is 22.8. The SMILES string of the molecule is CCOc1ccc(C(=O)NC(C(=O)Nc2ccccc2OCCC(N)=O)C(C)C)cc1. The summed E-state index contributed by atoms with van der Waals surface area (Å²) >= 11 is 0. The number of ether oxygens (including phenoxy) is 2. The molecule has 0 radical (unpaired) electrons. The van der Waals surface area contributed by atoms with E-state index < -0.39 is 11.9 Å². The molecule has 0 saturated heterocycles. The number of para-hydroxylation sites is 2. The number of carbonyl (C=O) groups excluding carboxylic acids is 3. The largest absolute Gasteiger partial charge is 0.494 e. The Morgan fingerprint density at radius 3 is 2.29 bits per heavy atom. The fourth-order valence-corrected chi connectivity index (χ4v) is 2.80. The molecule has 0 aromatic heterocycles. The van der Waals surface area contributed by atoms with Gasteiger partial charge in [-0.05, 0) is 49.2 Å². The van der Waals surface area contributed by atoms with Gasteiger partial charge in [0.05, 0.1) is 25.3 Å². The zero-order valence-corrected chi connectivity index (χ0v) is 18.0. The van der Waals surface area contributed by atoms with Gasteiger partial charge in [-0.25, -0.2) is 0 Å². The van der Waals surface area contributed by atoms with Gasteiger partial charge in [-0.3, -0.25) is 14.4 Å². The second-order valence-electron chi connectivity index (χ2n) is 7.20. The highest BCUT2D eigenvalue weighted by Crippen LogP contribution is 2.24. The molecule has 0 spiro atoms. The number of carbonyl (C=O) groups is 3. The van der Waals surface area contributed by atoms with Crippen LogP contribution < -0.4 is 25.8 Å². The highest BCUT2D eigenvalue weighted by Gasteiger charge is 2.25. The Hall–Kier alpha value is -3.55. The number of rotatable bonds is 11. The second-order valence-corrected chi connectivity index (χ2v) is 7.20. The van der Waals surface area contributed by atoms with Gasteiger partial charge in [-0.1, -0.05) is 26.0 Å². The molecule has 31 heavy (non-hydrogen) atoms. The van der Waals surface area contributed by atoms with Crippen molar-refractivity contribution in [2.45, 2.75) is 33.2 Å². The van der Waals surface area contributed by atoms with Gasteiger partial charge >= 0.3 is 0 Å². The molecule has 0 saturated carbocycles. The van der Waals surface area contributed by atoms with E-state index in [0.29, 0.717) is 29.4 Å². The van der Waals surface area contributed by atoms with Crippen molar-refractivity contribution in [3.63, 3.8) is 0 Å². The second kappa shape index (κ2) is 11.6.